The van der Waals surface area contributed by atoms with E-state index in [1.807, 2.05) is 0 Å². The Kier molecular flexibility index (Phi) is 2.40. The predicted molar refractivity (Wildman–Crippen MR) is 55.8 cm³/mol. The van der Waals surface area contributed by atoms with E-state index >= 15 is 0 Å². The van der Waals surface area contributed by atoms with Gasteiger partial charge in [-0.3, -0.25) is 0 Å². The average molecular weight is 223 g/mol. The van der Waals surface area contributed by atoms with E-state index in [1.54, 1.807) is 12.1 Å². The average Bonchev–Trinajstić information content (AvgIpc) is 2.29. The van der Waals surface area contributed by atoms with Gasteiger partial charge in [0.15, 0.2) is 0 Å². The molecule has 84 valence electrons. The van der Waals surface area contributed by atoms with Crippen LogP contribution in [0.2, 0.25) is 0 Å². The van der Waals surface area contributed by atoms with E-state index in [1.165, 1.54) is 20.3 Å². The van der Waals surface area contributed by atoms with E-state index in [0.29, 0.717) is 5.75 Å². The first-order valence-corrected chi connectivity index (χ1v) is 4.46. The molecule has 0 aliphatic heterocycles. The lowest BCUT2D eigenvalue weighted by Gasteiger charge is -2.09. The van der Waals surface area contributed by atoms with Crippen molar-refractivity contribution in [3.8, 4) is 5.75 Å². The van der Waals surface area contributed by atoms with Gasteiger partial charge in [-0.1, -0.05) is 6.07 Å². The minimum atomic E-state index is -0.885. The second-order valence-electron chi connectivity index (χ2n) is 2.99. The molecular weight excluding hydrogens is 214 g/mol. The summed E-state index contributed by atoms with van der Waals surface area (Å²) in [6, 6.07) is 4.78. The van der Waals surface area contributed by atoms with Gasteiger partial charge in [-0.15, -0.1) is 4.73 Å². The van der Waals surface area contributed by atoms with Crippen LogP contribution in [0.4, 0.5) is 0 Å². The molecule has 1 aromatic carbocycles. The summed E-state index contributed by atoms with van der Waals surface area (Å²) in [5.74, 6) is -0.520. The smallest absolute Gasteiger partial charge is 0.455 e. The van der Waals surface area contributed by atoms with Crippen molar-refractivity contribution < 1.29 is 14.0 Å². The number of ether oxygens (including phenoxy) is 1. The van der Waals surface area contributed by atoms with Crippen LogP contribution in [0.1, 0.15) is 0 Å². The Morgan fingerprint density at radius 3 is 2.62 bits per heavy atom. The number of rotatable bonds is 2. The molecule has 0 fully saturated rings. The fourth-order valence-electron chi connectivity index (χ4n) is 1.49. The Balaban J connectivity index is 3.07. The van der Waals surface area contributed by atoms with Crippen molar-refractivity contribution >= 4 is 10.9 Å². The molecule has 16 heavy (non-hydrogen) atoms. The third-order valence-corrected chi connectivity index (χ3v) is 2.17. The van der Waals surface area contributed by atoms with Crippen molar-refractivity contribution in [2.45, 2.75) is 0 Å². The maximum absolute atomic E-state index is 11.4. The number of aromatic nitrogens is 1. The monoisotopic (exact) mass is 223 g/mol. The van der Waals surface area contributed by atoms with Crippen LogP contribution >= 0.6 is 0 Å². The van der Waals surface area contributed by atoms with Gasteiger partial charge in [0.25, 0.3) is 0 Å². The fraction of sp³-hybridized carbons (Fsp3) is 0.200. The second kappa shape index (κ2) is 3.73. The quantitative estimate of drug-likeness (QED) is 0.717. The van der Waals surface area contributed by atoms with Crippen LogP contribution in [0.3, 0.4) is 0 Å². The molecule has 0 spiro atoms. The van der Waals surface area contributed by atoms with Gasteiger partial charge in [0, 0.05) is 0 Å². The maximum Gasteiger partial charge on any atom is 0.455 e. The van der Waals surface area contributed by atoms with Crippen molar-refractivity contribution in [3.05, 3.63) is 39.2 Å². The molecule has 0 amide bonds. The number of para-hydroxylation sites is 1. The van der Waals surface area contributed by atoms with Gasteiger partial charge in [0.1, 0.15) is 18.4 Å². The second-order valence-corrected chi connectivity index (χ2v) is 2.99. The molecule has 0 unspecified atom stereocenters. The van der Waals surface area contributed by atoms with E-state index in [-0.39, 0.29) is 10.9 Å². The minimum absolute atomic E-state index is 0.223. The van der Waals surface area contributed by atoms with E-state index in [2.05, 4.69) is 4.42 Å². The van der Waals surface area contributed by atoms with Crippen LogP contribution < -0.4 is 21.0 Å². The van der Waals surface area contributed by atoms with Crippen molar-refractivity contribution in [1.29, 1.82) is 0 Å². The summed E-state index contributed by atoms with van der Waals surface area (Å²) in [4.78, 5) is 27.7. The van der Waals surface area contributed by atoms with Gasteiger partial charge in [-0.25, -0.2) is 9.59 Å². The molecule has 6 heteroatoms. The standard InChI is InChI=1S/C10H9NO5/c1-14-7-5-3-4-6-8(7)11(15-2)10(13)16-9(6)12/h3-5H,1-2H3. The van der Waals surface area contributed by atoms with Crippen LogP contribution in [0, 0.1) is 0 Å². The Bertz CT molecular complexity index is 640. The molecule has 0 atom stereocenters. The highest BCUT2D eigenvalue weighted by molar-refractivity contribution is 5.83. The lowest BCUT2D eigenvalue weighted by molar-refractivity contribution is 0.139. The summed E-state index contributed by atoms with van der Waals surface area (Å²) in [5.41, 5.74) is -0.457. The van der Waals surface area contributed by atoms with Gasteiger partial charge in [0.05, 0.1) is 12.5 Å². The molecule has 0 N–H and O–H groups in total. The SMILES string of the molecule is COc1cccc2c(=O)oc(=O)n(OC)c12. The maximum atomic E-state index is 11.4. The first-order chi connectivity index (χ1) is 7.69. The van der Waals surface area contributed by atoms with Crippen molar-refractivity contribution in [2.24, 2.45) is 0 Å². The Morgan fingerprint density at radius 1 is 1.25 bits per heavy atom. The lowest BCUT2D eigenvalue weighted by Crippen LogP contribution is -2.28. The lowest BCUT2D eigenvalue weighted by atomic mass is 10.2. The molecule has 0 aliphatic carbocycles. The van der Waals surface area contributed by atoms with Crippen LogP contribution in [0.25, 0.3) is 10.9 Å². The predicted octanol–water partition coefficient (Wildman–Crippen LogP) is 0.0217. The summed E-state index contributed by atoms with van der Waals surface area (Å²) >= 11 is 0. The van der Waals surface area contributed by atoms with Crippen LogP contribution in [0.5, 0.6) is 5.75 Å². The normalized spacial score (nSPS) is 10.4. The molecule has 0 radical (unpaired) electrons. The van der Waals surface area contributed by atoms with E-state index in [9.17, 15) is 9.59 Å². The Morgan fingerprint density at radius 2 is 2.00 bits per heavy atom. The third-order valence-electron chi connectivity index (χ3n) is 2.17. The highest BCUT2D eigenvalue weighted by atomic mass is 16.7. The zero-order chi connectivity index (χ0) is 11.7. The topological polar surface area (TPSA) is 70.7 Å². The van der Waals surface area contributed by atoms with Gasteiger partial charge in [0.2, 0.25) is 0 Å². The van der Waals surface area contributed by atoms with Crippen molar-refractivity contribution in [1.82, 2.24) is 4.73 Å². The summed E-state index contributed by atoms with van der Waals surface area (Å²) in [5, 5.41) is 0.223. The van der Waals surface area contributed by atoms with Gasteiger partial charge < -0.3 is 14.0 Å². The summed E-state index contributed by atoms with van der Waals surface area (Å²) < 4.78 is 10.4. The largest absolute Gasteiger partial charge is 0.494 e. The Labute approximate surface area is 89.6 Å². The number of benzene rings is 1. The number of hydrogen-bond acceptors (Lipinski definition) is 5. The zero-order valence-corrected chi connectivity index (χ0v) is 8.72. The van der Waals surface area contributed by atoms with E-state index in [0.717, 1.165) is 4.73 Å². The molecule has 6 nitrogen and oxygen atoms in total. The third kappa shape index (κ3) is 1.35. The molecular formula is C10H9NO5. The number of methoxy groups -OCH3 is 1. The summed E-state index contributed by atoms with van der Waals surface area (Å²) in [7, 11) is 2.74. The van der Waals surface area contributed by atoms with Crippen LogP contribution in [0.15, 0.2) is 32.2 Å². The first-order valence-electron chi connectivity index (χ1n) is 4.46. The molecule has 0 bridgehead atoms. The van der Waals surface area contributed by atoms with Gasteiger partial charge in [-0.05, 0) is 12.1 Å². The molecule has 2 rings (SSSR count). The highest BCUT2D eigenvalue weighted by Crippen LogP contribution is 2.20. The number of fused-ring (bicyclic) bond motifs is 1. The molecule has 1 aromatic heterocycles. The Hall–Kier alpha value is -2.24. The van der Waals surface area contributed by atoms with E-state index in [4.69, 9.17) is 9.57 Å². The fourth-order valence-corrected chi connectivity index (χ4v) is 1.49. The van der Waals surface area contributed by atoms with Crippen molar-refractivity contribution in [3.63, 3.8) is 0 Å². The molecule has 1 heterocycles. The van der Waals surface area contributed by atoms with Crippen LogP contribution in [-0.2, 0) is 0 Å². The van der Waals surface area contributed by atoms with Gasteiger partial charge >= 0.3 is 11.4 Å². The summed E-state index contributed by atoms with van der Waals surface area (Å²) in [6.45, 7) is 0. The van der Waals surface area contributed by atoms with Gasteiger partial charge in [-0.2, -0.15) is 0 Å². The first kappa shape index (κ1) is 10.3. The highest BCUT2D eigenvalue weighted by Gasteiger charge is 2.13. The van der Waals surface area contributed by atoms with Crippen molar-refractivity contribution in [2.75, 3.05) is 14.2 Å². The molecule has 2 aromatic rings. The molecule has 0 saturated carbocycles. The molecule has 0 aliphatic rings. The number of nitrogens with zero attached hydrogens (tertiary/aromatic N) is 1. The zero-order valence-electron chi connectivity index (χ0n) is 8.72. The number of hydrogen-bond donors (Lipinski definition) is 0. The minimum Gasteiger partial charge on any atom is -0.494 e. The summed E-state index contributed by atoms with van der Waals surface area (Å²) in [6.07, 6.45) is 0. The van der Waals surface area contributed by atoms with E-state index < -0.39 is 11.4 Å². The molecule has 0 saturated heterocycles. The van der Waals surface area contributed by atoms with Crippen LogP contribution in [-0.4, -0.2) is 19.0 Å².